The van der Waals surface area contributed by atoms with Gasteiger partial charge in [-0.05, 0) is 18.6 Å². The van der Waals surface area contributed by atoms with E-state index in [2.05, 4.69) is 0 Å². The van der Waals surface area contributed by atoms with Gasteiger partial charge in [0.1, 0.15) is 0 Å². The van der Waals surface area contributed by atoms with E-state index in [1.54, 1.807) is 11.3 Å². The molecule has 0 radical (unpaired) electrons. The van der Waals surface area contributed by atoms with Crippen LogP contribution in [0.15, 0.2) is 17.5 Å². The van der Waals surface area contributed by atoms with E-state index in [4.69, 9.17) is 5.73 Å². The summed E-state index contributed by atoms with van der Waals surface area (Å²) in [6.45, 7) is 1.95. The van der Waals surface area contributed by atoms with Crippen molar-refractivity contribution in [2.75, 3.05) is 5.73 Å². The molecule has 13 heavy (non-hydrogen) atoms. The Morgan fingerprint density at radius 2 is 2.23 bits per heavy atom. The number of nitrogen functional groups attached to an aromatic ring is 1. The highest BCUT2D eigenvalue weighted by molar-refractivity contribution is 7.17. The van der Waals surface area contributed by atoms with Gasteiger partial charge < -0.3 is 5.73 Å². The molecule has 0 atom stereocenters. The third kappa shape index (κ3) is 1.12. The molecule has 0 amide bonds. The van der Waals surface area contributed by atoms with E-state index in [0.29, 0.717) is 5.56 Å². The second-order valence-electron chi connectivity index (χ2n) is 2.98. The average molecular weight is 191 g/mol. The van der Waals surface area contributed by atoms with Crippen molar-refractivity contribution in [3.63, 3.8) is 0 Å². The van der Waals surface area contributed by atoms with Gasteiger partial charge in [-0.3, -0.25) is 4.79 Å². The Labute approximate surface area is 80.0 Å². The lowest BCUT2D eigenvalue weighted by Crippen LogP contribution is -1.91. The highest BCUT2D eigenvalue weighted by Gasteiger charge is 2.07. The van der Waals surface area contributed by atoms with E-state index < -0.39 is 0 Å². The third-order valence-electron chi connectivity index (χ3n) is 2.15. The van der Waals surface area contributed by atoms with Gasteiger partial charge in [-0.2, -0.15) is 0 Å². The molecule has 0 fully saturated rings. The number of anilines is 1. The van der Waals surface area contributed by atoms with Gasteiger partial charge in [-0.25, -0.2) is 0 Å². The van der Waals surface area contributed by atoms with Gasteiger partial charge >= 0.3 is 0 Å². The number of carbonyl (C=O) groups is 1. The van der Waals surface area contributed by atoms with Crippen molar-refractivity contribution in [2.45, 2.75) is 6.92 Å². The number of benzene rings is 1. The zero-order chi connectivity index (χ0) is 9.42. The first kappa shape index (κ1) is 8.26. The molecule has 2 aromatic rings. The summed E-state index contributed by atoms with van der Waals surface area (Å²) >= 11 is 1.55. The molecule has 3 heteroatoms. The fourth-order valence-corrected chi connectivity index (χ4v) is 2.29. The van der Waals surface area contributed by atoms with E-state index in [1.807, 2.05) is 24.4 Å². The second kappa shape index (κ2) is 2.85. The Morgan fingerprint density at radius 3 is 2.92 bits per heavy atom. The summed E-state index contributed by atoms with van der Waals surface area (Å²) in [5.74, 6) is 0. The highest BCUT2D eigenvalue weighted by Crippen LogP contribution is 2.31. The first-order valence-electron chi connectivity index (χ1n) is 3.95. The molecule has 1 aromatic heterocycles. The maximum atomic E-state index is 10.7. The minimum absolute atomic E-state index is 0.696. The summed E-state index contributed by atoms with van der Waals surface area (Å²) < 4.78 is 1.07. The number of rotatable bonds is 1. The average Bonchev–Trinajstić information content (AvgIpc) is 2.55. The Morgan fingerprint density at radius 1 is 1.46 bits per heavy atom. The number of fused-ring (bicyclic) bond motifs is 1. The molecule has 66 valence electrons. The summed E-state index contributed by atoms with van der Waals surface area (Å²) in [5, 5.41) is 2.74. The lowest BCUT2D eigenvalue weighted by atomic mass is 10.1. The van der Waals surface area contributed by atoms with Crippen molar-refractivity contribution in [3.05, 3.63) is 28.6 Å². The lowest BCUT2D eigenvalue weighted by molar-refractivity contribution is 0.112. The smallest absolute Gasteiger partial charge is 0.151 e. The highest BCUT2D eigenvalue weighted by atomic mass is 32.1. The van der Waals surface area contributed by atoms with Crippen LogP contribution in [0.1, 0.15) is 15.9 Å². The summed E-state index contributed by atoms with van der Waals surface area (Å²) in [7, 11) is 0. The van der Waals surface area contributed by atoms with Gasteiger partial charge in [0.15, 0.2) is 6.29 Å². The monoisotopic (exact) mass is 191 g/mol. The second-order valence-corrected chi connectivity index (χ2v) is 3.89. The van der Waals surface area contributed by atoms with Crippen LogP contribution in [-0.4, -0.2) is 6.29 Å². The maximum Gasteiger partial charge on any atom is 0.151 e. The zero-order valence-electron chi connectivity index (χ0n) is 7.20. The van der Waals surface area contributed by atoms with Crippen LogP contribution in [-0.2, 0) is 0 Å². The fourth-order valence-electron chi connectivity index (χ4n) is 1.37. The van der Waals surface area contributed by atoms with Crippen molar-refractivity contribution < 1.29 is 4.79 Å². The largest absolute Gasteiger partial charge is 0.398 e. The third-order valence-corrected chi connectivity index (χ3v) is 3.12. The van der Waals surface area contributed by atoms with Crippen LogP contribution in [0, 0.1) is 6.92 Å². The first-order valence-corrected chi connectivity index (χ1v) is 4.83. The Balaban J connectivity index is 2.93. The number of hydrogen-bond acceptors (Lipinski definition) is 3. The predicted molar refractivity (Wildman–Crippen MR) is 56.4 cm³/mol. The molecule has 0 unspecified atom stereocenters. The summed E-state index contributed by atoms with van der Waals surface area (Å²) in [5.41, 5.74) is 8.33. The van der Waals surface area contributed by atoms with Crippen molar-refractivity contribution >= 4 is 33.4 Å². The van der Waals surface area contributed by atoms with Crippen LogP contribution in [0.3, 0.4) is 0 Å². The number of hydrogen-bond donors (Lipinski definition) is 1. The predicted octanol–water partition coefficient (Wildman–Crippen LogP) is 2.60. The molecule has 0 bridgehead atoms. The molecular weight excluding hydrogens is 182 g/mol. The lowest BCUT2D eigenvalue weighted by Gasteiger charge is -2.01. The van der Waals surface area contributed by atoms with E-state index >= 15 is 0 Å². The molecule has 2 N–H and O–H groups in total. The molecule has 0 saturated heterocycles. The maximum absolute atomic E-state index is 10.7. The van der Waals surface area contributed by atoms with Crippen molar-refractivity contribution in [2.24, 2.45) is 0 Å². The molecule has 0 saturated carbocycles. The van der Waals surface area contributed by atoms with Gasteiger partial charge in [0, 0.05) is 26.7 Å². The number of carbonyl (C=O) groups excluding carboxylic acids is 1. The molecule has 0 aliphatic rings. The zero-order valence-corrected chi connectivity index (χ0v) is 8.02. The van der Waals surface area contributed by atoms with Crippen LogP contribution in [0.5, 0.6) is 0 Å². The molecular formula is C10H9NOS. The first-order chi connectivity index (χ1) is 6.24. The quantitative estimate of drug-likeness (QED) is 0.556. The van der Waals surface area contributed by atoms with E-state index in [1.165, 1.54) is 0 Å². The fraction of sp³-hybridized carbons (Fsp3) is 0.100. The van der Waals surface area contributed by atoms with Crippen LogP contribution in [0.25, 0.3) is 10.1 Å². The molecule has 1 heterocycles. The van der Waals surface area contributed by atoms with Crippen molar-refractivity contribution in [1.82, 2.24) is 0 Å². The number of aryl methyl sites for hydroxylation is 1. The minimum Gasteiger partial charge on any atom is -0.398 e. The summed E-state index contributed by atoms with van der Waals surface area (Å²) in [4.78, 5) is 10.7. The van der Waals surface area contributed by atoms with Crippen LogP contribution < -0.4 is 5.73 Å². The van der Waals surface area contributed by atoms with Crippen molar-refractivity contribution in [1.29, 1.82) is 0 Å². The normalized spacial score (nSPS) is 10.5. The van der Waals surface area contributed by atoms with E-state index in [9.17, 15) is 4.79 Å². The van der Waals surface area contributed by atoms with Gasteiger partial charge in [-0.15, -0.1) is 11.3 Å². The standard InChI is InChI=1S/C10H9NOS/c1-6-2-3-8-9(10(6)11)7(4-12)5-13-8/h2-5H,11H2,1H3. The van der Waals surface area contributed by atoms with Gasteiger partial charge in [0.2, 0.25) is 0 Å². The SMILES string of the molecule is Cc1ccc2scc(C=O)c2c1N. The number of thiophene rings is 1. The Kier molecular flexibility index (Phi) is 1.81. The topological polar surface area (TPSA) is 43.1 Å². The van der Waals surface area contributed by atoms with Crippen molar-refractivity contribution in [3.8, 4) is 0 Å². The van der Waals surface area contributed by atoms with Gasteiger partial charge in [-0.1, -0.05) is 6.07 Å². The van der Waals surface area contributed by atoms with Crippen LogP contribution in [0.4, 0.5) is 5.69 Å². The summed E-state index contributed by atoms with van der Waals surface area (Å²) in [6.07, 6.45) is 0.856. The summed E-state index contributed by atoms with van der Waals surface area (Å²) in [6, 6.07) is 3.97. The molecule has 1 aromatic carbocycles. The number of aldehydes is 1. The Bertz CT molecular complexity index is 473. The molecule has 2 rings (SSSR count). The van der Waals surface area contributed by atoms with Gasteiger partial charge in [0.05, 0.1) is 0 Å². The van der Waals surface area contributed by atoms with Gasteiger partial charge in [0.25, 0.3) is 0 Å². The Hall–Kier alpha value is -1.35. The van der Waals surface area contributed by atoms with E-state index in [0.717, 1.165) is 27.6 Å². The van der Waals surface area contributed by atoms with E-state index in [-0.39, 0.29) is 0 Å². The van der Waals surface area contributed by atoms with Crippen LogP contribution >= 0.6 is 11.3 Å². The minimum atomic E-state index is 0.696. The van der Waals surface area contributed by atoms with Crippen LogP contribution in [0.2, 0.25) is 0 Å². The molecule has 0 spiro atoms. The number of nitrogens with two attached hydrogens (primary N) is 1. The molecule has 0 aliphatic heterocycles. The molecule has 0 aliphatic carbocycles. The molecule has 2 nitrogen and oxygen atoms in total.